The van der Waals surface area contributed by atoms with Crippen molar-refractivity contribution in [2.45, 2.75) is 37.5 Å². The number of halogens is 1. The predicted octanol–water partition coefficient (Wildman–Crippen LogP) is 3.04. The van der Waals surface area contributed by atoms with Crippen LogP contribution in [0.5, 0.6) is 5.75 Å². The van der Waals surface area contributed by atoms with Crippen LogP contribution in [0.15, 0.2) is 42.4 Å². The predicted molar refractivity (Wildman–Crippen MR) is 99.7 cm³/mol. The first-order valence-electron chi connectivity index (χ1n) is 9.05. The molecule has 27 heavy (non-hydrogen) atoms. The highest BCUT2D eigenvalue weighted by molar-refractivity contribution is 5.88. The summed E-state index contributed by atoms with van der Waals surface area (Å²) in [5.74, 6) is 0.401. The summed E-state index contributed by atoms with van der Waals surface area (Å²) in [6.45, 7) is 0. The van der Waals surface area contributed by atoms with E-state index in [0.29, 0.717) is 29.5 Å². The maximum Gasteiger partial charge on any atom is 0.185 e. The first kappa shape index (κ1) is 16.3. The van der Waals surface area contributed by atoms with Gasteiger partial charge < -0.3 is 10.4 Å². The summed E-state index contributed by atoms with van der Waals surface area (Å²) < 4.78 is 14.5. The number of nitrogens with zero attached hydrogens (tertiary/aromatic N) is 4. The number of aromatic nitrogens is 4. The summed E-state index contributed by atoms with van der Waals surface area (Å²) in [5.41, 5.74) is 1.79. The zero-order valence-corrected chi connectivity index (χ0v) is 14.5. The van der Waals surface area contributed by atoms with E-state index in [1.165, 1.54) is 0 Å². The first-order chi connectivity index (χ1) is 13.2. The average Bonchev–Trinajstić information content (AvgIpc) is 3.10. The second-order valence-corrected chi connectivity index (χ2v) is 7.17. The van der Waals surface area contributed by atoms with E-state index in [1.54, 1.807) is 30.7 Å². The molecule has 1 aromatic carbocycles. The number of piperidine rings is 1. The zero-order chi connectivity index (χ0) is 18.4. The van der Waals surface area contributed by atoms with Crippen LogP contribution in [0.3, 0.4) is 0 Å². The van der Waals surface area contributed by atoms with Crippen LogP contribution in [0.1, 0.15) is 25.0 Å². The summed E-state index contributed by atoms with van der Waals surface area (Å²) in [6.07, 6.45) is 8.31. The largest absolute Gasteiger partial charge is 0.507 e. The molecule has 2 aromatic heterocycles. The Morgan fingerprint density at radius 3 is 2.93 bits per heavy atom. The second kappa shape index (κ2) is 6.35. The van der Waals surface area contributed by atoms with E-state index in [-0.39, 0.29) is 11.8 Å². The van der Waals surface area contributed by atoms with Crippen molar-refractivity contribution in [1.82, 2.24) is 25.5 Å². The summed E-state index contributed by atoms with van der Waals surface area (Å²) in [7, 11) is 0. The summed E-state index contributed by atoms with van der Waals surface area (Å²) in [4.78, 5) is 8.38. The van der Waals surface area contributed by atoms with Crippen molar-refractivity contribution in [2.75, 3.05) is 0 Å². The molecule has 2 N–H and O–H groups in total. The number of phenolic OH excluding ortho intramolecular Hbond substituents is 1. The number of phenols is 1. The van der Waals surface area contributed by atoms with Crippen LogP contribution in [-0.2, 0) is 0 Å². The SMILES string of the molecule is Oc1cc2cnccc2cc1-c1ncc(/C=C2/C[C@@H]3CC[C@@H](N3)[C@H]2F)nn1. The monoisotopic (exact) mass is 363 g/mol. The molecule has 2 saturated heterocycles. The smallest absolute Gasteiger partial charge is 0.185 e. The van der Waals surface area contributed by atoms with Gasteiger partial charge in [-0.3, -0.25) is 4.98 Å². The third-order valence-electron chi connectivity index (χ3n) is 5.37. The summed E-state index contributed by atoms with van der Waals surface area (Å²) >= 11 is 0. The van der Waals surface area contributed by atoms with E-state index in [0.717, 1.165) is 29.2 Å². The highest BCUT2D eigenvalue weighted by atomic mass is 19.1. The number of nitrogens with one attached hydrogen (secondary N) is 1. The van der Waals surface area contributed by atoms with Gasteiger partial charge in [0.1, 0.15) is 17.6 Å². The normalized spacial score (nSPS) is 26.0. The van der Waals surface area contributed by atoms with Gasteiger partial charge in [-0.05, 0) is 54.5 Å². The van der Waals surface area contributed by atoms with Crippen LogP contribution in [0.25, 0.3) is 28.2 Å². The van der Waals surface area contributed by atoms with E-state index in [9.17, 15) is 9.50 Å². The van der Waals surface area contributed by atoms with Gasteiger partial charge in [-0.2, -0.15) is 0 Å². The van der Waals surface area contributed by atoms with Crippen LogP contribution in [0.2, 0.25) is 0 Å². The minimum absolute atomic E-state index is 0.0714. The Hall–Kier alpha value is -2.93. The van der Waals surface area contributed by atoms with E-state index >= 15 is 0 Å². The molecule has 0 radical (unpaired) electrons. The Bertz CT molecular complexity index is 1040. The van der Waals surface area contributed by atoms with Gasteiger partial charge >= 0.3 is 0 Å². The minimum Gasteiger partial charge on any atom is -0.507 e. The number of rotatable bonds is 2. The van der Waals surface area contributed by atoms with Crippen molar-refractivity contribution in [3.05, 3.63) is 48.1 Å². The lowest BCUT2D eigenvalue weighted by Crippen LogP contribution is -2.42. The highest BCUT2D eigenvalue weighted by Gasteiger charge is 2.38. The molecule has 6 nitrogen and oxygen atoms in total. The number of aromatic hydroxyl groups is 1. The van der Waals surface area contributed by atoms with E-state index < -0.39 is 6.17 Å². The standard InChI is InChI=1S/C20H18FN5O/c21-19-12(5-14-1-2-17(19)24-14)6-15-10-23-20(26-25-15)16-7-11-3-4-22-9-13(11)8-18(16)27/h3-4,6-10,14,17,19,24,27H,1-2,5H2/b12-6-/t14-,17+,19-/m0/s1. The fourth-order valence-electron chi connectivity index (χ4n) is 4.00. The molecule has 5 rings (SSSR count). The molecule has 2 fully saturated rings. The lowest BCUT2D eigenvalue weighted by molar-refractivity contribution is 0.270. The van der Waals surface area contributed by atoms with Gasteiger partial charge in [0.2, 0.25) is 0 Å². The molecule has 0 amide bonds. The highest BCUT2D eigenvalue weighted by Crippen LogP contribution is 2.34. The van der Waals surface area contributed by atoms with E-state index in [1.807, 2.05) is 12.1 Å². The molecule has 2 bridgehead atoms. The third kappa shape index (κ3) is 2.94. The van der Waals surface area contributed by atoms with Crippen LogP contribution < -0.4 is 5.32 Å². The minimum atomic E-state index is -0.983. The van der Waals surface area contributed by atoms with Crippen LogP contribution in [0, 0.1) is 0 Å². The Morgan fingerprint density at radius 1 is 1.15 bits per heavy atom. The van der Waals surface area contributed by atoms with Crippen LogP contribution >= 0.6 is 0 Å². The topological polar surface area (TPSA) is 83.8 Å². The lowest BCUT2D eigenvalue weighted by atomic mass is 9.96. The summed E-state index contributed by atoms with van der Waals surface area (Å²) in [5, 5.41) is 23.7. The second-order valence-electron chi connectivity index (χ2n) is 7.17. The van der Waals surface area contributed by atoms with Crippen molar-refractivity contribution in [1.29, 1.82) is 0 Å². The number of fused-ring (bicyclic) bond motifs is 3. The van der Waals surface area contributed by atoms with Crippen molar-refractivity contribution in [3.63, 3.8) is 0 Å². The molecule has 136 valence electrons. The molecular formula is C20H18FN5O. The molecule has 0 spiro atoms. The van der Waals surface area contributed by atoms with Gasteiger partial charge in [-0.15, -0.1) is 10.2 Å². The van der Waals surface area contributed by atoms with Crippen molar-refractivity contribution in [3.8, 4) is 17.1 Å². The third-order valence-corrected chi connectivity index (χ3v) is 5.37. The number of benzene rings is 1. The lowest BCUT2D eigenvalue weighted by Gasteiger charge is -2.27. The van der Waals surface area contributed by atoms with Gasteiger partial charge in [0, 0.05) is 29.9 Å². The molecule has 0 saturated carbocycles. The number of hydrogen-bond acceptors (Lipinski definition) is 6. The molecule has 3 atom stereocenters. The first-order valence-corrected chi connectivity index (χ1v) is 9.05. The Kier molecular flexibility index (Phi) is 3.82. The molecular weight excluding hydrogens is 345 g/mol. The molecule has 0 aliphatic carbocycles. The molecule has 3 aromatic rings. The van der Waals surface area contributed by atoms with Crippen molar-refractivity contribution in [2.24, 2.45) is 0 Å². The average molecular weight is 363 g/mol. The number of alkyl halides is 1. The summed E-state index contributed by atoms with van der Waals surface area (Å²) in [6, 6.07) is 5.58. The van der Waals surface area contributed by atoms with Gasteiger partial charge in [0.25, 0.3) is 0 Å². The maximum atomic E-state index is 14.5. The fourth-order valence-corrected chi connectivity index (χ4v) is 4.00. The number of hydrogen-bond donors (Lipinski definition) is 2. The van der Waals surface area contributed by atoms with E-state index in [2.05, 4.69) is 25.5 Å². The molecule has 4 heterocycles. The van der Waals surface area contributed by atoms with Crippen molar-refractivity contribution >= 4 is 16.8 Å². The van der Waals surface area contributed by atoms with Gasteiger partial charge in [-0.25, -0.2) is 9.37 Å². The molecule has 0 unspecified atom stereocenters. The van der Waals surface area contributed by atoms with Crippen LogP contribution in [0.4, 0.5) is 4.39 Å². The molecule has 7 heteroatoms. The quantitative estimate of drug-likeness (QED) is 0.728. The molecule has 2 aliphatic heterocycles. The fraction of sp³-hybridized carbons (Fsp3) is 0.300. The number of pyridine rings is 1. The zero-order valence-electron chi connectivity index (χ0n) is 14.5. The van der Waals surface area contributed by atoms with Gasteiger partial charge in [0.15, 0.2) is 5.82 Å². The van der Waals surface area contributed by atoms with Gasteiger partial charge in [0.05, 0.1) is 11.8 Å². The Labute approximate surface area is 155 Å². The van der Waals surface area contributed by atoms with E-state index in [4.69, 9.17) is 0 Å². The van der Waals surface area contributed by atoms with Crippen LogP contribution in [-0.4, -0.2) is 43.5 Å². The Balaban J connectivity index is 1.45. The maximum absolute atomic E-state index is 14.5. The van der Waals surface area contributed by atoms with Gasteiger partial charge in [-0.1, -0.05) is 0 Å². The van der Waals surface area contributed by atoms with Crippen molar-refractivity contribution < 1.29 is 9.50 Å². The Morgan fingerprint density at radius 2 is 2.07 bits per heavy atom. The molecule has 2 aliphatic rings.